The van der Waals surface area contributed by atoms with E-state index in [1.807, 2.05) is 24.3 Å². The van der Waals surface area contributed by atoms with E-state index < -0.39 is 0 Å². The molecule has 1 aliphatic rings. The van der Waals surface area contributed by atoms with Gasteiger partial charge in [-0.3, -0.25) is 9.69 Å². The molecule has 1 aliphatic heterocycles. The maximum absolute atomic E-state index is 13.8. The second kappa shape index (κ2) is 10.3. The number of aryl methyl sites for hydroxylation is 1. The molecule has 8 heteroatoms. The number of nitriles is 1. The Morgan fingerprint density at radius 2 is 1.66 bits per heavy atom. The quantitative estimate of drug-likeness (QED) is 0.389. The van der Waals surface area contributed by atoms with Crippen LogP contribution in [0.3, 0.4) is 0 Å². The molecule has 2 aromatic carbocycles. The summed E-state index contributed by atoms with van der Waals surface area (Å²) in [5.74, 6) is 0.509. The molecule has 3 atom stereocenters. The summed E-state index contributed by atoms with van der Waals surface area (Å²) in [6, 6.07) is 21.9. The summed E-state index contributed by atoms with van der Waals surface area (Å²) in [7, 11) is 3.36. The van der Waals surface area contributed by atoms with Gasteiger partial charge in [-0.1, -0.05) is 24.3 Å². The summed E-state index contributed by atoms with van der Waals surface area (Å²) in [5.41, 5.74) is 4.35. The molecule has 0 bridgehead atoms. The highest BCUT2D eigenvalue weighted by Gasteiger charge is 2.36. The number of hydrogen-bond donors (Lipinski definition) is 0. The number of methoxy groups -OCH3 is 1. The van der Waals surface area contributed by atoms with Crippen LogP contribution in [0.4, 0.5) is 10.1 Å². The molecule has 2 aromatic heterocycles. The van der Waals surface area contributed by atoms with E-state index in [2.05, 4.69) is 46.8 Å². The molecule has 0 aliphatic carbocycles. The van der Waals surface area contributed by atoms with Gasteiger partial charge in [0, 0.05) is 38.3 Å². The van der Waals surface area contributed by atoms with Crippen molar-refractivity contribution in [3.8, 4) is 11.8 Å². The molecule has 5 rings (SSSR count). The Hall–Kier alpha value is -4.22. The Morgan fingerprint density at radius 1 is 1.00 bits per heavy atom. The van der Waals surface area contributed by atoms with E-state index in [0.29, 0.717) is 29.8 Å². The number of hydrogen-bond acceptors (Lipinski definition) is 6. The molecule has 7 nitrogen and oxygen atoms in total. The number of pyridine rings is 2. The first kappa shape index (κ1) is 25.4. The van der Waals surface area contributed by atoms with E-state index in [0.717, 1.165) is 22.6 Å². The zero-order valence-electron chi connectivity index (χ0n) is 21.9. The zero-order valence-corrected chi connectivity index (χ0v) is 21.9. The first-order chi connectivity index (χ1) is 18.3. The number of ether oxygens (including phenoxy) is 1. The van der Waals surface area contributed by atoms with Gasteiger partial charge < -0.3 is 14.2 Å². The molecule has 1 unspecified atom stereocenters. The fourth-order valence-electron chi connectivity index (χ4n) is 5.45. The molecule has 0 spiro atoms. The maximum Gasteiger partial charge on any atom is 0.252 e. The lowest BCUT2D eigenvalue weighted by Crippen LogP contribution is -2.57. The van der Waals surface area contributed by atoms with Crippen LogP contribution in [-0.2, 0) is 7.05 Å². The Kier molecular flexibility index (Phi) is 6.87. The van der Waals surface area contributed by atoms with Crippen LogP contribution < -0.4 is 15.2 Å². The van der Waals surface area contributed by atoms with E-state index in [9.17, 15) is 14.4 Å². The van der Waals surface area contributed by atoms with Crippen molar-refractivity contribution in [2.24, 2.45) is 7.05 Å². The largest absolute Gasteiger partial charge is 0.497 e. The van der Waals surface area contributed by atoms with Crippen molar-refractivity contribution in [1.82, 2.24) is 14.5 Å². The third kappa shape index (κ3) is 4.61. The second-order valence-corrected chi connectivity index (χ2v) is 9.88. The number of aromatic nitrogens is 2. The third-order valence-electron chi connectivity index (χ3n) is 7.48. The van der Waals surface area contributed by atoms with Gasteiger partial charge >= 0.3 is 0 Å². The molecular weight excluding hydrogens is 481 g/mol. The average Bonchev–Trinajstić information content (AvgIpc) is 2.93. The van der Waals surface area contributed by atoms with Gasteiger partial charge in [-0.05, 0) is 61.4 Å². The van der Waals surface area contributed by atoms with Crippen molar-refractivity contribution in [3.05, 3.63) is 99.7 Å². The van der Waals surface area contributed by atoms with Crippen LogP contribution >= 0.6 is 0 Å². The van der Waals surface area contributed by atoms with Gasteiger partial charge in [0.1, 0.15) is 28.8 Å². The van der Waals surface area contributed by atoms with Crippen molar-refractivity contribution < 1.29 is 9.13 Å². The summed E-state index contributed by atoms with van der Waals surface area (Å²) in [4.78, 5) is 22.1. The van der Waals surface area contributed by atoms with E-state index in [4.69, 9.17) is 4.74 Å². The zero-order chi connectivity index (χ0) is 27.0. The summed E-state index contributed by atoms with van der Waals surface area (Å²) in [5, 5.41) is 9.45. The number of anilines is 1. The molecular formula is C30H30FN5O2. The smallest absolute Gasteiger partial charge is 0.252 e. The topological polar surface area (TPSA) is 74.4 Å². The first-order valence-electron chi connectivity index (χ1n) is 12.6. The molecule has 0 amide bonds. The predicted molar refractivity (Wildman–Crippen MR) is 146 cm³/mol. The molecule has 0 radical (unpaired) electrons. The lowest BCUT2D eigenvalue weighted by atomic mass is 9.93. The minimum absolute atomic E-state index is 0.0373. The highest BCUT2D eigenvalue weighted by atomic mass is 19.1. The second-order valence-electron chi connectivity index (χ2n) is 9.88. The minimum atomic E-state index is -0.268. The third-order valence-corrected chi connectivity index (χ3v) is 7.48. The number of rotatable bonds is 5. The lowest BCUT2D eigenvalue weighted by Gasteiger charge is -2.48. The van der Waals surface area contributed by atoms with Crippen LogP contribution in [0.5, 0.6) is 5.75 Å². The number of benzene rings is 2. The Morgan fingerprint density at radius 3 is 2.29 bits per heavy atom. The van der Waals surface area contributed by atoms with Crippen molar-refractivity contribution in [3.63, 3.8) is 0 Å². The summed E-state index contributed by atoms with van der Waals surface area (Å²) in [6.07, 6.45) is 0. The predicted octanol–water partition coefficient (Wildman–Crippen LogP) is 4.64. The molecule has 0 N–H and O–H groups in total. The van der Waals surface area contributed by atoms with Crippen LogP contribution in [0.25, 0.3) is 11.0 Å². The standard InChI is InChI=1S/C30H30FN5O2/c1-19-18-36(30(21-5-9-23(31)10-6-21)22-7-12-25(38-4)13-8-22)20(2)17-35(19)27-15-28(37)34(3)26-14-11-24(16-32)33-29(26)27/h5-15,19-20,30H,17-18H2,1-4H3/t19-,20+,30?/m0/s1. The van der Waals surface area contributed by atoms with Crippen molar-refractivity contribution in [1.29, 1.82) is 5.26 Å². The normalized spacial score (nSPS) is 18.8. The average molecular weight is 512 g/mol. The lowest BCUT2D eigenvalue weighted by molar-refractivity contribution is 0.130. The Bertz CT molecular complexity index is 1560. The molecule has 38 heavy (non-hydrogen) atoms. The van der Waals surface area contributed by atoms with Gasteiger partial charge in [-0.15, -0.1) is 0 Å². The maximum atomic E-state index is 13.8. The van der Waals surface area contributed by atoms with E-state index in [1.165, 1.54) is 12.1 Å². The number of fused-ring (bicyclic) bond motifs is 1. The van der Waals surface area contributed by atoms with Crippen molar-refractivity contribution >= 4 is 16.7 Å². The van der Waals surface area contributed by atoms with Crippen LogP contribution in [-0.4, -0.2) is 46.7 Å². The monoisotopic (exact) mass is 511 g/mol. The van der Waals surface area contributed by atoms with Gasteiger partial charge in [0.05, 0.1) is 24.4 Å². The SMILES string of the molecule is COc1ccc(C(c2ccc(F)cc2)N2C[C@H](C)N(c3cc(=O)n(C)c4ccc(C#N)nc34)C[C@H]2C)cc1. The minimum Gasteiger partial charge on any atom is -0.497 e. The highest BCUT2D eigenvalue weighted by Crippen LogP contribution is 2.36. The fraction of sp³-hybridized carbons (Fsp3) is 0.300. The van der Waals surface area contributed by atoms with Crippen LogP contribution in [0.15, 0.2) is 71.5 Å². The number of nitrogens with zero attached hydrogens (tertiary/aromatic N) is 5. The molecule has 194 valence electrons. The van der Waals surface area contributed by atoms with Gasteiger partial charge in [0.25, 0.3) is 5.56 Å². The van der Waals surface area contributed by atoms with Gasteiger partial charge in [0.15, 0.2) is 0 Å². The molecule has 1 fully saturated rings. The number of halogens is 1. The fourth-order valence-corrected chi connectivity index (χ4v) is 5.45. The van der Waals surface area contributed by atoms with E-state index in [1.54, 1.807) is 36.9 Å². The summed E-state index contributed by atoms with van der Waals surface area (Å²) >= 11 is 0. The van der Waals surface area contributed by atoms with E-state index in [-0.39, 0.29) is 29.5 Å². The van der Waals surface area contributed by atoms with Gasteiger partial charge in [0.2, 0.25) is 0 Å². The van der Waals surface area contributed by atoms with Crippen LogP contribution in [0.1, 0.15) is 36.7 Å². The first-order valence-corrected chi connectivity index (χ1v) is 12.6. The Labute approximate surface area is 221 Å². The highest BCUT2D eigenvalue weighted by molar-refractivity contribution is 5.89. The Balaban J connectivity index is 1.54. The van der Waals surface area contributed by atoms with Crippen molar-refractivity contribution in [2.75, 3.05) is 25.1 Å². The number of piperazine rings is 1. The van der Waals surface area contributed by atoms with Crippen LogP contribution in [0.2, 0.25) is 0 Å². The summed E-state index contributed by atoms with van der Waals surface area (Å²) in [6.45, 7) is 5.64. The molecule has 1 saturated heterocycles. The van der Waals surface area contributed by atoms with Gasteiger partial charge in [-0.2, -0.15) is 5.26 Å². The van der Waals surface area contributed by atoms with E-state index >= 15 is 0 Å². The molecule has 3 heterocycles. The van der Waals surface area contributed by atoms with Crippen LogP contribution in [0, 0.1) is 17.1 Å². The molecule has 0 saturated carbocycles. The van der Waals surface area contributed by atoms with Crippen molar-refractivity contribution in [2.45, 2.75) is 32.0 Å². The molecule has 4 aromatic rings. The summed E-state index contributed by atoms with van der Waals surface area (Å²) < 4.78 is 20.7. The van der Waals surface area contributed by atoms with Gasteiger partial charge in [-0.25, -0.2) is 9.37 Å².